The molecule has 0 amide bonds. The van der Waals surface area contributed by atoms with E-state index in [2.05, 4.69) is 475 Å². The molecule has 0 N–H and O–H groups in total. The molecule has 0 saturated heterocycles. The van der Waals surface area contributed by atoms with Gasteiger partial charge in [-0.05, 0) is 347 Å². The summed E-state index contributed by atoms with van der Waals surface area (Å²) in [5.41, 5.74) is 32.9. The van der Waals surface area contributed by atoms with Gasteiger partial charge in [0.1, 0.15) is 0 Å². The molecule has 27 aromatic carbocycles. The second-order valence-corrected chi connectivity index (χ2v) is 37.0. The van der Waals surface area contributed by atoms with Gasteiger partial charge in [0.25, 0.3) is 0 Å². The lowest BCUT2D eigenvalue weighted by Crippen LogP contribution is -1.95. The monoisotopic (exact) mass is 1780 g/mol. The lowest BCUT2D eigenvalue weighted by molar-refractivity contribution is 1.40. The van der Waals surface area contributed by atoms with Crippen molar-refractivity contribution in [3.8, 4) is 145 Å². The van der Waals surface area contributed by atoms with E-state index in [0.717, 1.165) is 43.4 Å². The molecular formula is C140H92. The van der Waals surface area contributed by atoms with E-state index in [-0.39, 0.29) is 29.7 Å². The van der Waals surface area contributed by atoms with Crippen molar-refractivity contribution in [1.29, 1.82) is 0 Å². The topological polar surface area (TPSA) is 0 Å². The molecule has 0 radical (unpaired) electrons. The van der Waals surface area contributed by atoms with Gasteiger partial charge in [0, 0.05) is 0 Å². The number of hydrogen-bond donors (Lipinski definition) is 0. The van der Waals surface area contributed by atoms with Crippen LogP contribution in [0.15, 0.2) is 522 Å². The summed E-state index contributed by atoms with van der Waals surface area (Å²) in [5.74, 6) is 0. The van der Waals surface area contributed by atoms with Crippen LogP contribution in [0.4, 0.5) is 0 Å². The minimum absolute atomic E-state index is 0.200. The first-order valence-electron chi connectivity index (χ1n) is 50.8. The first-order valence-corrected chi connectivity index (χ1v) is 48.3. The molecule has 1 aliphatic rings. The van der Waals surface area contributed by atoms with E-state index in [1.165, 1.54) is 230 Å². The lowest BCUT2D eigenvalue weighted by atomic mass is 9.82. The molecule has 0 bridgehead atoms. The summed E-state index contributed by atoms with van der Waals surface area (Å²) in [6.07, 6.45) is 0. The summed E-state index contributed by atoms with van der Waals surface area (Å²) in [4.78, 5) is 0. The van der Waals surface area contributed by atoms with E-state index in [0.29, 0.717) is 5.56 Å². The Morgan fingerprint density at radius 2 is 0.357 bits per heavy atom. The predicted molar refractivity (Wildman–Crippen MR) is 603 cm³/mol. The van der Waals surface area contributed by atoms with Gasteiger partial charge in [0.05, 0.1) is 6.85 Å². The SMILES string of the molecule is [2H]c1c([2H])c([2H])c(-c2cc(-c3c4ccccc4c(-c4cc(C)c(-c5cccc6ccccc56)cc4C)c4ccccc34)c3ccccc3c2)c([2H])c1[2H].c1ccc(-c2cc(-c3c4ccccc4c(-c4cc(-c5ccccc5)cc5ccccc45)c4ccccc34)c3ccccc3c2)cc1.c1ccc(-c2cc(-c3c4ccccc4c(-c4ccc5c6c(cccc46)-c4ccccc4-5)c4ccccc34)c3ccccc3c2)cc1. The van der Waals surface area contributed by atoms with Gasteiger partial charge < -0.3 is 0 Å². The fraction of sp³-hybridized carbons (Fsp3) is 0.0143. The molecule has 652 valence electrons. The zero-order valence-electron chi connectivity index (χ0n) is 82.3. The molecule has 0 heterocycles. The minimum atomic E-state index is -0.395. The zero-order valence-corrected chi connectivity index (χ0v) is 77.3. The molecule has 0 aliphatic heterocycles. The Balaban J connectivity index is 0.000000111. The summed E-state index contributed by atoms with van der Waals surface area (Å²) >= 11 is 0. The summed E-state index contributed by atoms with van der Waals surface area (Å²) < 4.78 is 42.6. The smallest absolute Gasteiger partial charge is 0.0622 e. The van der Waals surface area contributed by atoms with Gasteiger partial charge >= 0.3 is 0 Å². The largest absolute Gasteiger partial charge is 0.0629 e. The number of rotatable bonds is 11. The maximum absolute atomic E-state index is 8.82. The van der Waals surface area contributed by atoms with Crippen LogP contribution in [0, 0.1) is 13.8 Å². The molecule has 0 nitrogen and oxygen atoms in total. The van der Waals surface area contributed by atoms with Crippen molar-refractivity contribution >= 4 is 129 Å². The molecule has 140 heavy (non-hydrogen) atoms. The number of benzene rings is 27. The third-order valence-electron chi connectivity index (χ3n) is 29.2. The molecule has 0 spiro atoms. The highest BCUT2D eigenvalue weighted by Gasteiger charge is 2.29. The first kappa shape index (κ1) is 77.4. The van der Waals surface area contributed by atoms with Crippen molar-refractivity contribution in [3.05, 3.63) is 533 Å². The molecule has 0 heteroatoms. The quantitative estimate of drug-likeness (QED) is 0.113. The van der Waals surface area contributed by atoms with E-state index >= 15 is 0 Å². The molecule has 28 rings (SSSR count). The van der Waals surface area contributed by atoms with Crippen molar-refractivity contribution in [1.82, 2.24) is 0 Å². The molecule has 0 aromatic heterocycles. The van der Waals surface area contributed by atoms with Gasteiger partial charge in [-0.1, -0.05) is 473 Å². The number of fused-ring (bicyclic) bond motifs is 14. The average molecular weight is 1780 g/mol. The van der Waals surface area contributed by atoms with Crippen LogP contribution in [0.5, 0.6) is 0 Å². The summed E-state index contributed by atoms with van der Waals surface area (Å²) in [5, 5.41) is 29.2. The molecule has 0 fully saturated rings. The first-order chi connectivity index (χ1) is 71.4. The fourth-order valence-corrected chi connectivity index (χ4v) is 23.0. The van der Waals surface area contributed by atoms with E-state index in [1.54, 1.807) is 0 Å². The second kappa shape index (κ2) is 34.8. The Morgan fingerprint density at radius 3 is 0.714 bits per heavy atom. The van der Waals surface area contributed by atoms with Crippen molar-refractivity contribution in [3.63, 3.8) is 0 Å². The van der Waals surface area contributed by atoms with Crippen LogP contribution in [0.25, 0.3) is 274 Å². The molecule has 0 saturated carbocycles. The van der Waals surface area contributed by atoms with Gasteiger partial charge in [-0.25, -0.2) is 0 Å². The summed E-state index contributed by atoms with van der Waals surface area (Å²) in [7, 11) is 0. The van der Waals surface area contributed by atoms with Crippen LogP contribution in [0.2, 0.25) is 0 Å². The lowest BCUT2D eigenvalue weighted by Gasteiger charge is -2.21. The highest BCUT2D eigenvalue weighted by molar-refractivity contribution is 6.31. The third kappa shape index (κ3) is 14.1. The Morgan fingerprint density at radius 1 is 0.129 bits per heavy atom. The van der Waals surface area contributed by atoms with E-state index < -0.39 is 6.04 Å². The van der Waals surface area contributed by atoms with Crippen LogP contribution in [0.1, 0.15) is 18.0 Å². The Labute approximate surface area is 821 Å². The van der Waals surface area contributed by atoms with Crippen molar-refractivity contribution in [2.75, 3.05) is 0 Å². The van der Waals surface area contributed by atoms with Crippen LogP contribution >= 0.6 is 0 Å². The molecular weight excluding hydrogens is 1680 g/mol. The zero-order chi connectivity index (χ0) is 97.2. The van der Waals surface area contributed by atoms with Gasteiger partial charge in [-0.2, -0.15) is 0 Å². The van der Waals surface area contributed by atoms with Gasteiger partial charge in [-0.15, -0.1) is 0 Å². The number of aryl methyl sites for hydroxylation is 2. The highest BCUT2D eigenvalue weighted by Crippen LogP contribution is 2.56. The molecule has 27 aromatic rings. The van der Waals surface area contributed by atoms with Crippen LogP contribution in [0.3, 0.4) is 0 Å². The van der Waals surface area contributed by atoms with Crippen molar-refractivity contribution < 1.29 is 6.85 Å². The van der Waals surface area contributed by atoms with Crippen molar-refractivity contribution in [2.24, 2.45) is 0 Å². The Kier molecular flexibility index (Phi) is 19.2. The predicted octanol–water partition coefficient (Wildman–Crippen LogP) is 39.5. The Hall–Kier alpha value is -17.9. The van der Waals surface area contributed by atoms with E-state index in [4.69, 9.17) is 6.85 Å². The maximum atomic E-state index is 8.82. The van der Waals surface area contributed by atoms with Gasteiger partial charge in [-0.3, -0.25) is 0 Å². The van der Waals surface area contributed by atoms with Crippen LogP contribution in [-0.2, 0) is 0 Å². The van der Waals surface area contributed by atoms with E-state index in [1.807, 2.05) is 30.3 Å². The van der Waals surface area contributed by atoms with Crippen molar-refractivity contribution in [2.45, 2.75) is 13.8 Å². The molecule has 1 aliphatic carbocycles. The van der Waals surface area contributed by atoms with Gasteiger partial charge in [0.2, 0.25) is 0 Å². The Bertz CT molecular complexity index is 9620. The molecule has 0 atom stereocenters. The van der Waals surface area contributed by atoms with Crippen LogP contribution in [-0.4, -0.2) is 0 Å². The third-order valence-corrected chi connectivity index (χ3v) is 29.2. The van der Waals surface area contributed by atoms with E-state index in [9.17, 15) is 0 Å². The normalized spacial score (nSPS) is 12.1. The highest BCUT2D eigenvalue weighted by atomic mass is 14.3. The van der Waals surface area contributed by atoms with Gasteiger partial charge in [0.15, 0.2) is 0 Å². The summed E-state index contributed by atoms with van der Waals surface area (Å²) in [6, 6.07) is 177. The summed E-state index contributed by atoms with van der Waals surface area (Å²) in [6.45, 7) is 4.41. The maximum Gasteiger partial charge on any atom is 0.0629 e. The average Bonchev–Trinajstić information content (AvgIpc) is 1.60. The molecule has 0 unspecified atom stereocenters. The standard InChI is InChI=1S/C48H34.C46H28.C46H30/c1-31-28-45(32(2)27-44(31)39-26-14-19-34-17-6-8-20-37(34)39)47-40-22-10-12-24-42(40)48(43-25-13-11-23-41(43)47)46-30-36(33-15-4-3-5-16-33)29-35-18-7-9-21-38(35)46;1-2-13-29(14-3-1)31-27-30-15-4-5-16-32(30)43(28-31)46-38-21-10-8-19-36(38)45(37-20-9-11-22-39(37)46)42-26-25-41-34-18-7-6-17-33(34)35-23-12-24-40(42)44(35)41;1-3-15-31(16-4-1)35-27-33-19-7-9-21-37(33)43(29-35)45-39-23-11-13-25-41(39)46(42-26-14-12-24-40(42)45)44-30-36(32-17-5-2-6-18-32)28-34-20-8-10-22-38(34)44/h3-30H,1-2H3;1-28H;1-30H/i3D,4D,5D,15D,16D;;. The number of hydrogen-bond acceptors (Lipinski definition) is 0. The minimum Gasteiger partial charge on any atom is -0.0622 e. The second-order valence-electron chi connectivity index (χ2n) is 37.0. The van der Waals surface area contributed by atoms with Crippen LogP contribution < -0.4 is 0 Å². The fourth-order valence-electron chi connectivity index (χ4n) is 23.0.